The Balaban J connectivity index is 2.01. The number of hydrogen-bond donors (Lipinski definition) is 2. The van der Waals surface area contributed by atoms with E-state index < -0.39 is 5.41 Å². The van der Waals surface area contributed by atoms with Crippen LogP contribution in [0.2, 0.25) is 0 Å². The molecule has 0 radical (unpaired) electrons. The van der Waals surface area contributed by atoms with Crippen LogP contribution in [0.25, 0.3) is 0 Å². The molecule has 2 rings (SSSR count). The number of carbonyl (C=O) groups excluding carboxylic acids is 3. The van der Waals surface area contributed by atoms with Crippen LogP contribution in [0.4, 0.5) is 5.69 Å². The summed E-state index contributed by atoms with van der Waals surface area (Å²) >= 11 is 0. The maximum Gasteiger partial charge on any atom is 0.236 e. The van der Waals surface area contributed by atoms with E-state index in [1.807, 2.05) is 32.0 Å². The third kappa shape index (κ3) is 3.52. The summed E-state index contributed by atoms with van der Waals surface area (Å²) in [5.41, 5.74) is 2.16. The average molecular weight is 317 g/mol. The van der Waals surface area contributed by atoms with E-state index in [-0.39, 0.29) is 24.1 Å². The quantitative estimate of drug-likeness (QED) is 0.786. The zero-order valence-corrected chi connectivity index (χ0v) is 14.0. The maximum absolute atomic E-state index is 12.3. The molecule has 6 nitrogen and oxygen atoms in total. The van der Waals surface area contributed by atoms with Crippen LogP contribution in [0.5, 0.6) is 0 Å². The number of hydrogen-bond acceptors (Lipinski definition) is 3. The molecule has 0 atom stereocenters. The Morgan fingerprint density at radius 1 is 1.17 bits per heavy atom. The smallest absolute Gasteiger partial charge is 0.236 e. The van der Waals surface area contributed by atoms with E-state index in [9.17, 15) is 14.4 Å². The second-order valence-corrected chi connectivity index (χ2v) is 6.35. The zero-order chi connectivity index (χ0) is 17.2. The standard InChI is InChI=1S/C17H23N3O3/c1-11(21)18-7-8-19-15(22)10-12-5-6-14-13(9-12)17(2,3)16(23)20(14)4/h5-6,9H,7-8,10H2,1-4H3,(H,18,21)(H,19,22). The van der Waals surface area contributed by atoms with Crippen LogP contribution in [-0.4, -0.2) is 37.9 Å². The highest BCUT2D eigenvalue weighted by Crippen LogP contribution is 2.41. The Morgan fingerprint density at radius 2 is 1.83 bits per heavy atom. The van der Waals surface area contributed by atoms with Gasteiger partial charge in [0.15, 0.2) is 0 Å². The summed E-state index contributed by atoms with van der Waals surface area (Å²) in [6.45, 7) is 6.05. The predicted octanol–water partition coefficient (Wildman–Crippen LogP) is 0.735. The van der Waals surface area contributed by atoms with Gasteiger partial charge in [-0.3, -0.25) is 14.4 Å². The van der Waals surface area contributed by atoms with Crippen molar-refractivity contribution in [3.05, 3.63) is 29.3 Å². The van der Waals surface area contributed by atoms with E-state index in [2.05, 4.69) is 10.6 Å². The van der Waals surface area contributed by atoms with Crippen LogP contribution in [0.15, 0.2) is 18.2 Å². The van der Waals surface area contributed by atoms with Crippen LogP contribution in [0, 0.1) is 0 Å². The number of nitrogens with zero attached hydrogens (tertiary/aromatic N) is 1. The highest BCUT2D eigenvalue weighted by molar-refractivity contribution is 6.07. The van der Waals surface area contributed by atoms with Crippen molar-refractivity contribution in [3.8, 4) is 0 Å². The Bertz CT molecular complexity index is 652. The van der Waals surface area contributed by atoms with E-state index >= 15 is 0 Å². The van der Waals surface area contributed by atoms with Gasteiger partial charge >= 0.3 is 0 Å². The van der Waals surface area contributed by atoms with Gasteiger partial charge in [0, 0.05) is 32.7 Å². The summed E-state index contributed by atoms with van der Waals surface area (Å²) < 4.78 is 0. The third-order valence-corrected chi connectivity index (χ3v) is 4.12. The molecule has 23 heavy (non-hydrogen) atoms. The van der Waals surface area contributed by atoms with Crippen molar-refractivity contribution in [1.82, 2.24) is 10.6 Å². The molecular weight excluding hydrogens is 294 g/mol. The van der Waals surface area contributed by atoms with Gasteiger partial charge in [-0.05, 0) is 31.0 Å². The molecule has 6 heteroatoms. The molecule has 0 saturated heterocycles. The normalized spacial score (nSPS) is 15.3. The van der Waals surface area contributed by atoms with Crippen molar-refractivity contribution >= 4 is 23.4 Å². The molecule has 3 amide bonds. The van der Waals surface area contributed by atoms with Crippen molar-refractivity contribution in [3.63, 3.8) is 0 Å². The maximum atomic E-state index is 12.3. The lowest BCUT2D eigenvalue weighted by Crippen LogP contribution is -2.34. The van der Waals surface area contributed by atoms with Gasteiger partial charge in [0.05, 0.1) is 11.8 Å². The lowest BCUT2D eigenvalue weighted by atomic mass is 9.85. The molecule has 0 spiro atoms. The van der Waals surface area contributed by atoms with Gasteiger partial charge in [0.25, 0.3) is 0 Å². The SMILES string of the molecule is CC(=O)NCCNC(=O)Cc1ccc2c(c1)C(C)(C)C(=O)N2C. The number of amides is 3. The molecule has 1 heterocycles. The molecule has 1 aromatic carbocycles. The highest BCUT2D eigenvalue weighted by atomic mass is 16.2. The van der Waals surface area contributed by atoms with Crippen molar-refractivity contribution in [1.29, 1.82) is 0 Å². The molecule has 0 aromatic heterocycles. The molecule has 0 aliphatic carbocycles. The number of likely N-dealkylation sites (N-methyl/N-ethyl adjacent to an activating group) is 1. The number of rotatable bonds is 5. The number of anilines is 1. The van der Waals surface area contributed by atoms with E-state index in [0.29, 0.717) is 13.1 Å². The monoisotopic (exact) mass is 317 g/mol. The first-order valence-corrected chi connectivity index (χ1v) is 7.66. The fourth-order valence-corrected chi connectivity index (χ4v) is 2.82. The minimum absolute atomic E-state index is 0.0596. The number of carbonyl (C=O) groups is 3. The number of benzene rings is 1. The zero-order valence-electron chi connectivity index (χ0n) is 14.0. The Labute approximate surface area is 136 Å². The van der Waals surface area contributed by atoms with Crippen LogP contribution >= 0.6 is 0 Å². The minimum Gasteiger partial charge on any atom is -0.355 e. The lowest BCUT2D eigenvalue weighted by Gasteiger charge is -2.16. The summed E-state index contributed by atoms with van der Waals surface area (Å²) in [6.07, 6.45) is 0.251. The van der Waals surface area contributed by atoms with Crippen molar-refractivity contribution in [2.75, 3.05) is 25.0 Å². The van der Waals surface area contributed by atoms with Crippen molar-refractivity contribution in [2.45, 2.75) is 32.6 Å². The minimum atomic E-state index is -0.567. The van der Waals surface area contributed by atoms with Gasteiger partial charge in [-0.15, -0.1) is 0 Å². The fraction of sp³-hybridized carbons (Fsp3) is 0.471. The topological polar surface area (TPSA) is 78.5 Å². The average Bonchev–Trinajstić information content (AvgIpc) is 2.65. The highest BCUT2D eigenvalue weighted by Gasteiger charge is 2.42. The Morgan fingerprint density at radius 3 is 2.48 bits per heavy atom. The molecule has 1 aromatic rings. The van der Waals surface area contributed by atoms with Crippen LogP contribution in [-0.2, 0) is 26.2 Å². The summed E-state index contributed by atoms with van der Waals surface area (Å²) in [6, 6.07) is 5.70. The van der Waals surface area contributed by atoms with Gasteiger partial charge in [-0.1, -0.05) is 12.1 Å². The first-order valence-electron chi connectivity index (χ1n) is 7.66. The lowest BCUT2D eigenvalue weighted by molar-refractivity contribution is -0.122. The first kappa shape index (κ1) is 17.0. The molecule has 1 aliphatic heterocycles. The largest absolute Gasteiger partial charge is 0.355 e. The molecule has 2 N–H and O–H groups in total. The molecule has 124 valence electrons. The summed E-state index contributed by atoms with van der Waals surface area (Å²) in [4.78, 5) is 36.6. The van der Waals surface area contributed by atoms with Gasteiger partial charge in [-0.2, -0.15) is 0 Å². The number of fused-ring (bicyclic) bond motifs is 1. The van der Waals surface area contributed by atoms with Crippen LogP contribution < -0.4 is 15.5 Å². The predicted molar refractivity (Wildman–Crippen MR) is 88.3 cm³/mol. The second-order valence-electron chi connectivity index (χ2n) is 6.35. The van der Waals surface area contributed by atoms with Gasteiger partial charge in [0.2, 0.25) is 17.7 Å². The first-order chi connectivity index (χ1) is 10.7. The fourth-order valence-electron chi connectivity index (χ4n) is 2.82. The molecule has 0 fully saturated rings. The van der Waals surface area contributed by atoms with Gasteiger partial charge in [0.1, 0.15) is 0 Å². The second kappa shape index (κ2) is 6.40. The van der Waals surface area contributed by atoms with Crippen LogP contribution in [0.1, 0.15) is 31.9 Å². The van der Waals surface area contributed by atoms with E-state index in [1.54, 1.807) is 11.9 Å². The Hall–Kier alpha value is -2.37. The molecule has 1 aliphatic rings. The van der Waals surface area contributed by atoms with Crippen LogP contribution in [0.3, 0.4) is 0 Å². The summed E-state index contributed by atoms with van der Waals surface area (Å²) in [5.74, 6) is -0.163. The van der Waals surface area contributed by atoms with E-state index in [4.69, 9.17) is 0 Å². The molecule has 0 saturated carbocycles. The molecule has 0 bridgehead atoms. The summed E-state index contributed by atoms with van der Waals surface area (Å²) in [5, 5.41) is 5.38. The molecular formula is C17H23N3O3. The van der Waals surface area contributed by atoms with E-state index in [0.717, 1.165) is 16.8 Å². The van der Waals surface area contributed by atoms with Gasteiger partial charge in [-0.25, -0.2) is 0 Å². The van der Waals surface area contributed by atoms with E-state index in [1.165, 1.54) is 6.92 Å². The summed E-state index contributed by atoms with van der Waals surface area (Å²) in [7, 11) is 1.77. The third-order valence-electron chi connectivity index (χ3n) is 4.12. The van der Waals surface area contributed by atoms with Crippen molar-refractivity contribution in [2.24, 2.45) is 0 Å². The van der Waals surface area contributed by atoms with Gasteiger partial charge < -0.3 is 15.5 Å². The number of nitrogens with one attached hydrogen (secondary N) is 2. The molecule has 0 unspecified atom stereocenters. The Kier molecular flexibility index (Phi) is 4.73. The van der Waals surface area contributed by atoms with Crippen molar-refractivity contribution < 1.29 is 14.4 Å².